The first kappa shape index (κ1) is 13.4. The summed E-state index contributed by atoms with van der Waals surface area (Å²) in [5.41, 5.74) is 0. The van der Waals surface area contributed by atoms with Crippen molar-refractivity contribution in [3.05, 3.63) is 0 Å². The lowest BCUT2D eigenvalue weighted by Gasteiger charge is -2.13. The highest BCUT2D eigenvalue weighted by Crippen LogP contribution is 2.01. The predicted octanol–water partition coefficient (Wildman–Crippen LogP) is 0.425. The number of carboxylic acid groups (broad SMARTS) is 1. The average molecular weight is 223 g/mol. The van der Waals surface area contributed by atoms with E-state index in [4.69, 9.17) is 5.11 Å². The minimum absolute atomic E-state index is 0.0150. The molecule has 5 nitrogen and oxygen atoms in total. The van der Waals surface area contributed by atoms with Crippen molar-refractivity contribution in [2.45, 2.75) is 33.2 Å². The molecule has 0 heterocycles. The summed E-state index contributed by atoms with van der Waals surface area (Å²) in [5, 5.41) is 8.64. The number of hydrogen-bond donors (Lipinski definition) is 2. The van der Waals surface area contributed by atoms with Gasteiger partial charge in [-0.3, -0.25) is 4.79 Å². The van der Waals surface area contributed by atoms with E-state index >= 15 is 0 Å². The Balaban J connectivity index is 4.41. The van der Waals surface area contributed by atoms with Crippen LogP contribution in [-0.2, 0) is 14.8 Å². The third kappa shape index (κ3) is 5.18. The van der Waals surface area contributed by atoms with Gasteiger partial charge in [-0.15, -0.1) is 0 Å². The molecule has 0 bridgehead atoms. The smallest absolute Gasteiger partial charge is 0.321 e. The van der Waals surface area contributed by atoms with Crippen LogP contribution in [0.15, 0.2) is 0 Å². The minimum atomic E-state index is -3.47. The minimum Gasteiger partial charge on any atom is -0.480 e. The third-order valence-electron chi connectivity index (χ3n) is 1.58. The molecule has 14 heavy (non-hydrogen) atoms. The monoisotopic (exact) mass is 223 g/mol. The molecule has 0 fully saturated rings. The van der Waals surface area contributed by atoms with Gasteiger partial charge in [-0.2, -0.15) is 0 Å². The lowest BCUT2D eigenvalue weighted by atomic mass is 10.2. The number of sulfonamides is 1. The van der Waals surface area contributed by atoms with E-state index in [2.05, 4.69) is 4.72 Å². The molecule has 0 aromatic rings. The average Bonchev–Trinajstić information content (AvgIpc) is 1.97. The molecule has 6 heteroatoms. The topological polar surface area (TPSA) is 83.5 Å². The summed E-state index contributed by atoms with van der Waals surface area (Å²) in [7, 11) is -3.47. The van der Waals surface area contributed by atoms with Crippen LogP contribution in [0.5, 0.6) is 0 Å². The van der Waals surface area contributed by atoms with Gasteiger partial charge in [-0.25, -0.2) is 13.1 Å². The summed E-state index contributed by atoms with van der Waals surface area (Å²) in [6.45, 7) is 5.15. The Labute approximate surface area is 84.6 Å². The van der Waals surface area contributed by atoms with Gasteiger partial charge in [-0.1, -0.05) is 20.8 Å². The molecule has 0 aliphatic rings. The molecular weight excluding hydrogens is 206 g/mol. The zero-order valence-electron chi connectivity index (χ0n) is 8.65. The molecule has 0 aliphatic carbocycles. The molecule has 0 aromatic heterocycles. The zero-order chi connectivity index (χ0) is 11.4. The normalized spacial score (nSPS) is 14.3. The lowest BCUT2D eigenvalue weighted by molar-refractivity contribution is -0.139. The van der Waals surface area contributed by atoms with Crippen molar-refractivity contribution >= 4 is 16.0 Å². The fourth-order valence-electron chi connectivity index (χ4n) is 1.01. The molecule has 0 rings (SSSR count). The second-order valence-corrected chi connectivity index (χ2v) is 5.39. The van der Waals surface area contributed by atoms with Gasteiger partial charge in [0.1, 0.15) is 6.04 Å². The highest BCUT2D eigenvalue weighted by Gasteiger charge is 2.22. The Morgan fingerprint density at radius 2 is 1.93 bits per heavy atom. The van der Waals surface area contributed by atoms with Gasteiger partial charge < -0.3 is 5.11 Å². The van der Waals surface area contributed by atoms with Crippen molar-refractivity contribution in [3.8, 4) is 0 Å². The molecule has 0 amide bonds. The molecule has 0 saturated carbocycles. The summed E-state index contributed by atoms with van der Waals surface area (Å²) >= 11 is 0. The lowest BCUT2D eigenvalue weighted by Crippen LogP contribution is -2.42. The van der Waals surface area contributed by atoms with Crippen molar-refractivity contribution < 1.29 is 18.3 Å². The van der Waals surface area contributed by atoms with Crippen LogP contribution in [0.1, 0.15) is 27.2 Å². The van der Waals surface area contributed by atoms with Crippen molar-refractivity contribution in [2.75, 3.05) is 5.75 Å². The van der Waals surface area contributed by atoms with Crippen LogP contribution in [0, 0.1) is 5.92 Å². The predicted molar refractivity (Wildman–Crippen MR) is 53.5 cm³/mol. The second kappa shape index (κ2) is 5.31. The first-order valence-corrected chi connectivity index (χ1v) is 6.16. The van der Waals surface area contributed by atoms with Crippen molar-refractivity contribution in [1.29, 1.82) is 0 Å². The van der Waals surface area contributed by atoms with Crippen molar-refractivity contribution in [2.24, 2.45) is 5.92 Å². The van der Waals surface area contributed by atoms with E-state index in [-0.39, 0.29) is 18.1 Å². The van der Waals surface area contributed by atoms with Gasteiger partial charge in [0, 0.05) is 0 Å². The highest BCUT2D eigenvalue weighted by atomic mass is 32.2. The van der Waals surface area contributed by atoms with Crippen molar-refractivity contribution in [1.82, 2.24) is 4.72 Å². The maximum atomic E-state index is 11.3. The zero-order valence-corrected chi connectivity index (χ0v) is 9.47. The van der Waals surface area contributed by atoms with E-state index < -0.39 is 22.0 Å². The molecule has 0 aromatic carbocycles. The number of hydrogen-bond acceptors (Lipinski definition) is 3. The molecule has 0 saturated heterocycles. The fourth-order valence-corrected chi connectivity index (χ4v) is 2.69. The van der Waals surface area contributed by atoms with Crippen LogP contribution in [-0.4, -0.2) is 31.3 Å². The van der Waals surface area contributed by atoms with Crippen LogP contribution in [0.4, 0.5) is 0 Å². The van der Waals surface area contributed by atoms with Crippen LogP contribution in [0.3, 0.4) is 0 Å². The molecule has 0 spiro atoms. The van der Waals surface area contributed by atoms with Crippen LogP contribution >= 0.6 is 0 Å². The van der Waals surface area contributed by atoms with E-state index in [0.717, 1.165) is 0 Å². The van der Waals surface area contributed by atoms with Gasteiger partial charge >= 0.3 is 5.97 Å². The van der Waals surface area contributed by atoms with Gasteiger partial charge in [0.05, 0.1) is 5.75 Å². The van der Waals surface area contributed by atoms with E-state index in [1.54, 1.807) is 20.8 Å². The number of carbonyl (C=O) groups is 1. The Bertz CT molecular complexity index is 284. The maximum absolute atomic E-state index is 11.3. The first-order chi connectivity index (χ1) is 6.28. The summed E-state index contributed by atoms with van der Waals surface area (Å²) in [6, 6.07) is -1.02. The summed E-state index contributed by atoms with van der Waals surface area (Å²) in [4.78, 5) is 10.6. The van der Waals surface area contributed by atoms with Crippen LogP contribution < -0.4 is 4.72 Å². The Kier molecular flexibility index (Phi) is 5.07. The van der Waals surface area contributed by atoms with Gasteiger partial charge in [0.25, 0.3) is 0 Å². The number of carboxylic acids is 1. The molecule has 2 N–H and O–H groups in total. The molecule has 1 atom stereocenters. The Morgan fingerprint density at radius 3 is 2.21 bits per heavy atom. The maximum Gasteiger partial charge on any atom is 0.321 e. The quantitative estimate of drug-likeness (QED) is 0.683. The summed E-state index contributed by atoms with van der Waals surface area (Å²) in [6.07, 6.45) is 0.243. The number of rotatable bonds is 6. The van der Waals surface area contributed by atoms with Crippen LogP contribution in [0.2, 0.25) is 0 Å². The first-order valence-electron chi connectivity index (χ1n) is 4.51. The Morgan fingerprint density at radius 1 is 1.43 bits per heavy atom. The van der Waals surface area contributed by atoms with Gasteiger partial charge in [0.15, 0.2) is 0 Å². The SMILES string of the molecule is CC[C@@H](NS(=O)(=O)CC(C)C)C(=O)O. The molecule has 0 radical (unpaired) electrons. The standard InChI is InChI=1S/C8H17NO4S/c1-4-7(8(10)11)9-14(12,13)5-6(2)3/h6-7,9H,4-5H2,1-3H3,(H,10,11)/t7-/m1/s1. The van der Waals surface area contributed by atoms with Crippen molar-refractivity contribution in [3.63, 3.8) is 0 Å². The number of aliphatic carboxylic acids is 1. The largest absolute Gasteiger partial charge is 0.480 e. The third-order valence-corrected chi connectivity index (χ3v) is 3.33. The van der Waals surface area contributed by atoms with E-state index in [9.17, 15) is 13.2 Å². The van der Waals surface area contributed by atoms with E-state index in [1.165, 1.54) is 0 Å². The van der Waals surface area contributed by atoms with Gasteiger partial charge in [0.2, 0.25) is 10.0 Å². The van der Waals surface area contributed by atoms with E-state index in [0.29, 0.717) is 0 Å². The van der Waals surface area contributed by atoms with E-state index in [1.807, 2.05) is 0 Å². The summed E-state index contributed by atoms with van der Waals surface area (Å²) in [5.74, 6) is -1.20. The van der Waals surface area contributed by atoms with Gasteiger partial charge in [-0.05, 0) is 12.3 Å². The number of nitrogens with one attached hydrogen (secondary N) is 1. The molecular formula is C8H17NO4S. The van der Waals surface area contributed by atoms with Crippen LogP contribution in [0.25, 0.3) is 0 Å². The molecule has 0 aliphatic heterocycles. The molecule has 84 valence electrons. The Hall–Kier alpha value is -0.620. The molecule has 0 unspecified atom stereocenters. The second-order valence-electron chi connectivity index (χ2n) is 3.59. The summed E-state index contributed by atoms with van der Waals surface area (Å²) < 4.78 is 24.8. The highest BCUT2D eigenvalue weighted by molar-refractivity contribution is 7.89. The fraction of sp³-hybridized carbons (Fsp3) is 0.875.